The molecule has 46 heavy (non-hydrogen) atoms. The molecular formula is C33H29Cl3N8O2. The van der Waals surface area contributed by atoms with Crippen LogP contribution in [0.5, 0.6) is 0 Å². The van der Waals surface area contributed by atoms with Crippen molar-refractivity contribution in [3.05, 3.63) is 129 Å². The third kappa shape index (κ3) is 6.21. The Bertz CT molecular complexity index is 2080. The number of rotatable bonds is 5. The van der Waals surface area contributed by atoms with Crippen molar-refractivity contribution in [3.8, 4) is 11.6 Å². The normalized spacial score (nSPS) is 18.1. The Morgan fingerprint density at radius 3 is 2.33 bits per heavy atom. The van der Waals surface area contributed by atoms with Gasteiger partial charge in [-0.3, -0.25) is 4.79 Å². The van der Waals surface area contributed by atoms with Gasteiger partial charge in [0.15, 0.2) is 0 Å². The summed E-state index contributed by atoms with van der Waals surface area (Å²) in [6.07, 6.45) is 9.87. The summed E-state index contributed by atoms with van der Waals surface area (Å²) in [4.78, 5) is 25.5. The Morgan fingerprint density at radius 1 is 0.913 bits per heavy atom. The summed E-state index contributed by atoms with van der Waals surface area (Å²) >= 11 is 18.2. The van der Waals surface area contributed by atoms with Gasteiger partial charge in [0.2, 0.25) is 5.95 Å². The van der Waals surface area contributed by atoms with Gasteiger partial charge in [0.25, 0.3) is 5.56 Å². The Morgan fingerprint density at radius 2 is 1.63 bits per heavy atom. The van der Waals surface area contributed by atoms with E-state index in [1.165, 1.54) is 28.2 Å². The lowest BCUT2D eigenvalue weighted by molar-refractivity contribution is -0.0298. The second-order valence-corrected chi connectivity index (χ2v) is 12.8. The zero-order valence-corrected chi connectivity index (χ0v) is 27.2. The van der Waals surface area contributed by atoms with Crippen molar-refractivity contribution in [3.63, 3.8) is 0 Å². The fraction of sp³-hybridized carbons (Fsp3) is 0.212. The summed E-state index contributed by atoms with van der Waals surface area (Å²) in [6, 6.07) is 19.7. The van der Waals surface area contributed by atoms with Gasteiger partial charge in [0.1, 0.15) is 30.9 Å². The Labute approximate surface area is 279 Å². The molecule has 7 rings (SSSR count). The van der Waals surface area contributed by atoms with Gasteiger partial charge in [-0.15, -0.1) is 0 Å². The number of nitrogens with zero attached hydrogens (tertiary/aromatic N) is 8. The first kappa shape index (κ1) is 31.6. The van der Waals surface area contributed by atoms with E-state index in [-0.39, 0.29) is 11.0 Å². The van der Waals surface area contributed by atoms with Gasteiger partial charge in [-0.2, -0.15) is 14.9 Å². The number of para-hydroxylation sites is 1. The van der Waals surface area contributed by atoms with E-state index in [4.69, 9.17) is 34.8 Å². The fourth-order valence-electron chi connectivity index (χ4n) is 5.58. The van der Waals surface area contributed by atoms with E-state index in [2.05, 4.69) is 45.1 Å². The maximum atomic E-state index is 13.1. The molecule has 0 saturated heterocycles. The second-order valence-electron chi connectivity index (χ2n) is 11.6. The van der Waals surface area contributed by atoms with E-state index in [0.29, 0.717) is 44.2 Å². The summed E-state index contributed by atoms with van der Waals surface area (Å²) in [5.74, 6) is 0.292. The first-order valence-corrected chi connectivity index (χ1v) is 15.5. The highest BCUT2D eigenvalue weighted by Crippen LogP contribution is 2.50. The fourth-order valence-corrected chi connectivity index (χ4v) is 6.20. The molecule has 3 heterocycles. The molecule has 234 valence electrons. The number of hydrogen-bond donors (Lipinski definition) is 1. The molecule has 3 aromatic carbocycles. The Hall–Kier alpha value is -4.35. The third-order valence-electron chi connectivity index (χ3n) is 8.27. The number of aliphatic hydroxyl groups is 1. The topological polar surface area (TPSA) is 117 Å². The van der Waals surface area contributed by atoms with Gasteiger partial charge < -0.3 is 5.11 Å². The second kappa shape index (κ2) is 12.8. The van der Waals surface area contributed by atoms with Crippen LogP contribution in [-0.2, 0) is 6.54 Å². The molecule has 1 fully saturated rings. The zero-order valence-electron chi connectivity index (χ0n) is 24.9. The quantitative estimate of drug-likeness (QED) is 0.213. The van der Waals surface area contributed by atoms with Crippen molar-refractivity contribution in [1.29, 1.82) is 0 Å². The highest BCUT2D eigenvalue weighted by Gasteiger charge is 2.51. The van der Waals surface area contributed by atoms with E-state index in [1.807, 2.05) is 30.3 Å². The molecule has 0 radical (unpaired) electrons. The predicted octanol–water partition coefficient (Wildman–Crippen LogP) is 6.84. The van der Waals surface area contributed by atoms with Gasteiger partial charge in [-0.25, -0.2) is 24.2 Å². The molecule has 0 spiro atoms. The molecule has 6 aromatic rings. The maximum Gasteiger partial charge on any atom is 0.267 e. The van der Waals surface area contributed by atoms with Crippen LogP contribution >= 0.6 is 34.8 Å². The van der Waals surface area contributed by atoms with Crippen molar-refractivity contribution < 1.29 is 5.11 Å². The number of benzene rings is 3. The van der Waals surface area contributed by atoms with Crippen molar-refractivity contribution in [1.82, 2.24) is 39.1 Å². The highest BCUT2D eigenvalue weighted by atomic mass is 35.5. The molecule has 10 nitrogen and oxygen atoms in total. The number of hydrogen-bond acceptors (Lipinski definition) is 7. The van der Waals surface area contributed by atoms with Crippen LogP contribution in [0.25, 0.3) is 28.6 Å². The minimum Gasteiger partial charge on any atom is -0.383 e. The van der Waals surface area contributed by atoms with Crippen LogP contribution in [-0.4, -0.2) is 49.8 Å². The van der Waals surface area contributed by atoms with E-state index in [9.17, 15) is 9.90 Å². The van der Waals surface area contributed by atoms with E-state index < -0.39 is 5.60 Å². The Kier molecular flexibility index (Phi) is 8.80. The third-order valence-corrected chi connectivity index (χ3v) is 9.06. The van der Waals surface area contributed by atoms with Gasteiger partial charge in [-0.05, 0) is 71.9 Å². The molecule has 1 atom stereocenters. The largest absolute Gasteiger partial charge is 0.383 e. The summed E-state index contributed by atoms with van der Waals surface area (Å²) in [5.41, 5.74) is 1.72. The standard InChI is InChI=1S/C17H20ClN3O.C16H9Cl2N5O/c1-16(2)8-7-14(9-13-3-5-15(18)6-4-13)17(16,22)10-21-12-19-11-20-21;17-10-5-6-14(12(18)7-10)23-15(24)11-3-1-2-4-13(11)21-16(23)22-9-19-8-20-22/h3-6,9,11-12,22H,7-8,10H2,1-2H3;1-9H/b14-9+;. The summed E-state index contributed by atoms with van der Waals surface area (Å²) in [7, 11) is 0. The summed E-state index contributed by atoms with van der Waals surface area (Å²) in [5, 5.41) is 21.6. The lowest BCUT2D eigenvalue weighted by atomic mass is 9.76. The minimum atomic E-state index is -0.930. The lowest BCUT2D eigenvalue weighted by Crippen LogP contribution is -2.45. The number of fused-ring (bicyclic) bond motifs is 1. The van der Waals surface area contributed by atoms with E-state index in [1.54, 1.807) is 47.4 Å². The number of halogens is 3. The van der Waals surface area contributed by atoms with E-state index >= 15 is 0 Å². The van der Waals surface area contributed by atoms with Gasteiger partial charge in [-0.1, -0.05) is 79.0 Å². The SMILES string of the molecule is CC1(C)CC/C(=C\c2ccc(Cl)cc2)C1(O)Cn1cncn1.O=c1c2ccccc2nc(-n2cncn2)n1-c1ccc(Cl)cc1Cl. The molecule has 0 bridgehead atoms. The lowest BCUT2D eigenvalue weighted by Gasteiger charge is -2.37. The minimum absolute atomic E-state index is 0.211. The molecule has 1 aliphatic carbocycles. The van der Waals surface area contributed by atoms with Crippen molar-refractivity contribution in [2.75, 3.05) is 0 Å². The molecule has 3 aromatic heterocycles. The average molecular weight is 676 g/mol. The summed E-state index contributed by atoms with van der Waals surface area (Å²) < 4.78 is 4.51. The van der Waals surface area contributed by atoms with Crippen LogP contribution in [0.3, 0.4) is 0 Å². The molecular weight excluding hydrogens is 647 g/mol. The zero-order chi connectivity index (χ0) is 32.5. The van der Waals surface area contributed by atoms with Crippen molar-refractivity contribution in [2.45, 2.75) is 38.8 Å². The molecule has 0 aliphatic heterocycles. The van der Waals surface area contributed by atoms with Crippen LogP contribution in [0.2, 0.25) is 15.1 Å². The van der Waals surface area contributed by atoms with Crippen LogP contribution in [0, 0.1) is 5.41 Å². The van der Waals surface area contributed by atoms with Crippen LogP contribution in [0.4, 0.5) is 0 Å². The average Bonchev–Trinajstić information content (AvgIpc) is 3.79. The van der Waals surface area contributed by atoms with Crippen molar-refractivity contribution in [2.24, 2.45) is 5.41 Å². The van der Waals surface area contributed by atoms with Crippen LogP contribution in [0.15, 0.2) is 102 Å². The monoisotopic (exact) mass is 674 g/mol. The molecule has 1 aliphatic rings. The van der Waals surface area contributed by atoms with Gasteiger partial charge in [0.05, 0.1) is 28.2 Å². The molecule has 13 heteroatoms. The summed E-state index contributed by atoms with van der Waals surface area (Å²) in [6.45, 7) is 4.62. The molecule has 0 amide bonds. The maximum absolute atomic E-state index is 13.1. The Balaban J connectivity index is 0.000000162. The highest BCUT2D eigenvalue weighted by molar-refractivity contribution is 6.35. The van der Waals surface area contributed by atoms with Gasteiger partial charge >= 0.3 is 0 Å². The first-order chi connectivity index (χ1) is 22.1. The van der Waals surface area contributed by atoms with Crippen LogP contribution in [0.1, 0.15) is 32.3 Å². The smallest absolute Gasteiger partial charge is 0.267 e. The molecule has 1 saturated carbocycles. The number of aromatic nitrogens is 8. The van der Waals surface area contributed by atoms with Crippen LogP contribution < -0.4 is 5.56 Å². The molecule has 1 N–H and O–H groups in total. The van der Waals surface area contributed by atoms with Gasteiger partial charge in [0, 0.05) is 10.0 Å². The van der Waals surface area contributed by atoms with E-state index in [0.717, 1.165) is 24.0 Å². The predicted molar refractivity (Wildman–Crippen MR) is 180 cm³/mol. The first-order valence-electron chi connectivity index (χ1n) is 14.4. The molecule has 1 unspecified atom stereocenters. The van der Waals surface area contributed by atoms with Crippen molar-refractivity contribution >= 4 is 51.8 Å².